The standard InChI is InChI=1S/C24H19F2N7O.C13H10ClF2N3O.C11H10N4/c1-14-11-33(13-29-14)20-4-3-19(7-16(20)9-27)30-24-28-10-22-23(31-24)32(2)21(12-34-22)15-5-17(25)8-18(26)6-15;1-19-10(7-2-8(15)4-9(16)3-7)6-20-11-5-17-13(14)18-12(11)19;1-8-6-15(7-14-8)11-3-2-10(13)4-9(11)5-12/h3-8,10-11,13,21H,12H2,1-2H3,(H,28,30,31);2-5,10H,6H2,1H3;2-4,6-7H,13H2,1H3. The van der Waals surface area contributed by atoms with E-state index in [1.807, 2.05) is 49.0 Å². The van der Waals surface area contributed by atoms with E-state index in [1.165, 1.54) is 36.7 Å². The Morgan fingerprint density at radius 1 is 0.652 bits per heavy atom. The number of aromatic nitrogens is 8. The van der Waals surface area contributed by atoms with E-state index in [1.54, 1.807) is 59.3 Å². The molecule has 21 heteroatoms. The van der Waals surface area contributed by atoms with E-state index in [0.717, 1.165) is 29.2 Å². The first-order valence-corrected chi connectivity index (χ1v) is 21.2. The number of nitrogens with zero attached hydrogens (tertiary/aromatic N) is 12. The molecule has 0 saturated carbocycles. The van der Waals surface area contributed by atoms with E-state index in [-0.39, 0.29) is 30.5 Å². The maximum atomic E-state index is 13.7. The topological polar surface area (TPSA) is 198 Å². The van der Waals surface area contributed by atoms with Crippen LogP contribution in [0, 0.1) is 59.8 Å². The van der Waals surface area contributed by atoms with Crippen molar-refractivity contribution in [2.75, 3.05) is 48.2 Å². The molecule has 16 nitrogen and oxygen atoms in total. The van der Waals surface area contributed by atoms with Crippen molar-refractivity contribution in [1.29, 1.82) is 10.5 Å². The number of aryl methyl sites for hydroxylation is 2. The minimum atomic E-state index is -0.651. The van der Waals surface area contributed by atoms with Crippen LogP contribution in [-0.2, 0) is 0 Å². The lowest BCUT2D eigenvalue weighted by Gasteiger charge is -2.35. The van der Waals surface area contributed by atoms with Crippen LogP contribution in [0.25, 0.3) is 11.4 Å². The highest BCUT2D eigenvalue weighted by atomic mass is 35.5. The van der Waals surface area contributed by atoms with Crippen LogP contribution in [0.5, 0.6) is 11.5 Å². The third-order valence-electron chi connectivity index (χ3n) is 10.9. The van der Waals surface area contributed by atoms with E-state index < -0.39 is 29.3 Å². The fourth-order valence-corrected chi connectivity index (χ4v) is 7.66. The molecule has 0 bridgehead atoms. The number of imidazole rings is 2. The molecule has 2 unspecified atom stereocenters. The number of likely N-dealkylation sites (N-methyl/N-ethyl adjacent to an activating group) is 2. The van der Waals surface area contributed by atoms with Gasteiger partial charge in [-0.05, 0) is 97.2 Å². The quantitative estimate of drug-likeness (QED) is 0.0909. The van der Waals surface area contributed by atoms with Gasteiger partial charge in [0.25, 0.3) is 0 Å². The number of nitrogens with one attached hydrogen (secondary N) is 1. The van der Waals surface area contributed by atoms with Gasteiger partial charge in [-0.3, -0.25) is 0 Å². The highest BCUT2D eigenvalue weighted by Crippen LogP contribution is 2.39. The molecule has 3 N–H and O–H groups in total. The van der Waals surface area contributed by atoms with Crippen molar-refractivity contribution in [3.63, 3.8) is 0 Å². The number of hydrogen-bond acceptors (Lipinski definition) is 14. The number of nitrogen functional groups attached to an aromatic ring is 1. The first-order chi connectivity index (χ1) is 33.2. The minimum absolute atomic E-state index is 0.0882. The zero-order valence-electron chi connectivity index (χ0n) is 37.1. The predicted molar refractivity (Wildman–Crippen MR) is 249 cm³/mol. The summed E-state index contributed by atoms with van der Waals surface area (Å²) in [6, 6.07) is 20.9. The van der Waals surface area contributed by atoms with E-state index >= 15 is 0 Å². The van der Waals surface area contributed by atoms with Gasteiger partial charge in [-0.2, -0.15) is 20.5 Å². The predicted octanol–water partition coefficient (Wildman–Crippen LogP) is 9.05. The molecule has 0 saturated heterocycles. The number of nitrogens with two attached hydrogens (primary N) is 1. The van der Waals surface area contributed by atoms with Crippen LogP contribution in [0.1, 0.15) is 45.7 Å². The van der Waals surface area contributed by atoms with E-state index in [0.29, 0.717) is 62.5 Å². The molecule has 10 rings (SSSR count). The zero-order valence-corrected chi connectivity index (χ0v) is 37.9. The Labute approximate surface area is 397 Å². The Kier molecular flexibility index (Phi) is 13.6. The first-order valence-electron chi connectivity index (χ1n) is 20.8. The molecule has 0 aliphatic carbocycles. The summed E-state index contributed by atoms with van der Waals surface area (Å²) in [5, 5.41) is 21.8. The summed E-state index contributed by atoms with van der Waals surface area (Å²) < 4.78 is 69.0. The molecule has 6 heterocycles. The van der Waals surface area contributed by atoms with Crippen molar-refractivity contribution in [2.24, 2.45) is 0 Å². The van der Waals surface area contributed by atoms with Gasteiger partial charge in [-0.25, -0.2) is 37.5 Å². The molecule has 0 fully saturated rings. The first kappa shape index (κ1) is 46.8. The summed E-state index contributed by atoms with van der Waals surface area (Å²) in [6.07, 6.45) is 10.1. The monoisotopic (exact) mass is 954 g/mol. The number of benzene rings is 4. The smallest absolute Gasteiger partial charge is 0.229 e. The van der Waals surface area contributed by atoms with Gasteiger partial charge in [0.15, 0.2) is 23.1 Å². The molecule has 0 amide bonds. The van der Waals surface area contributed by atoms with Crippen LogP contribution >= 0.6 is 11.6 Å². The number of rotatable bonds is 6. The second-order valence-corrected chi connectivity index (χ2v) is 16.0. The number of nitriles is 2. The van der Waals surface area contributed by atoms with Gasteiger partial charge >= 0.3 is 0 Å². The molecular weight excluding hydrogens is 916 g/mol. The van der Waals surface area contributed by atoms with Crippen molar-refractivity contribution in [3.05, 3.63) is 172 Å². The molecule has 0 spiro atoms. The molecule has 4 aromatic carbocycles. The highest BCUT2D eigenvalue weighted by molar-refractivity contribution is 6.28. The molecule has 348 valence electrons. The van der Waals surface area contributed by atoms with Crippen LogP contribution in [0.4, 0.5) is 46.5 Å². The number of anilines is 5. The largest absolute Gasteiger partial charge is 0.486 e. The second kappa shape index (κ2) is 20.0. The average Bonchev–Trinajstić information content (AvgIpc) is 3.96. The van der Waals surface area contributed by atoms with E-state index in [9.17, 15) is 22.8 Å². The molecule has 2 aliphatic heterocycles. The van der Waals surface area contributed by atoms with Crippen molar-refractivity contribution in [3.8, 4) is 35.0 Å². The summed E-state index contributed by atoms with van der Waals surface area (Å²) in [7, 11) is 3.54. The molecule has 8 aromatic rings. The molecule has 2 atom stereocenters. The number of fused-ring (bicyclic) bond motifs is 2. The Morgan fingerprint density at radius 3 is 1.62 bits per heavy atom. The second-order valence-electron chi connectivity index (χ2n) is 15.7. The molecule has 4 aromatic heterocycles. The summed E-state index contributed by atoms with van der Waals surface area (Å²) in [5.74, 6) is -0.344. The lowest BCUT2D eigenvalue weighted by molar-refractivity contribution is 0.264. The van der Waals surface area contributed by atoms with E-state index in [4.69, 9.17) is 32.1 Å². The van der Waals surface area contributed by atoms with Gasteiger partial charge in [0.1, 0.15) is 48.6 Å². The summed E-state index contributed by atoms with van der Waals surface area (Å²) in [5.41, 5.74) is 12.0. The Bertz CT molecular complexity index is 3240. The van der Waals surface area contributed by atoms with Crippen LogP contribution in [-0.4, -0.2) is 66.3 Å². The molecular formula is C48H39ClF4N14O2. The summed E-state index contributed by atoms with van der Waals surface area (Å²) in [6.45, 7) is 4.22. The number of halogens is 5. The maximum absolute atomic E-state index is 13.7. The number of hydrogen-bond donors (Lipinski definition) is 2. The van der Waals surface area contributed by atoms with Crippen LogP contribution in [0.15, 0.2) is 110 Å². The lowest BCUT2D eigenvalue weighted by Crippen LogP contribution is -2.34. The third kappa shape index (κ3) is 10.6. The van der Waals surface area contributed by atoms with Gasteiger partial charge in [0, 0.05) is 50.0 Å². The molecule has 2 aliphatic rings. The molecule has 0 radical (unpaired) electrons. The van der Waals surface area contributed by atoms with Crippen molar-refractivity contribution >= 4 is 40.6 Å². The third-order valence-corrected chi connectivity index (χ3v) is 11.1. The Balaban J connectivity index is 0.000000155. The average molecular weight is 955 g/mol. The fraction of sp³-hybridized carbons (Fsp3) is 0.167. The van der Waals surface area contributed by atoms with Gasteiger partial charge in [0.05, 0.1) is 71.0 Å². The zero-order chi connectivity index (χ0) is 48.9. The van der Waals surface area contributed by atoms with Gasteiger partial charge in [0.2, 0.25) is 11.2 Å². The lowest BCUT2D eigenvalue weighted by atomic mass is 10.0. The van der Waals surface area contributed by atoms with Crippen molar-refractivity contribution in [2.45, 2.75) is 25.9 Å². The van der Waals surface area contributed by atoms with Crippen LogP contribution in [0.2, 0.25) is 5.28 Å². The van der Waals surface area contributed by atoms with Gasteiger partial charge in [-0.15, -0.1) is 0 Å². The minimum Gasteiger partial charge on any atom is -0.486 e. The summed E-state index contributed by atoms with van der Waals surface area (Å²) in [4.78, 5) is 28.6. The normalized spacial score (nSPS) is 14.5. The SMILES string of the molecule is CN1c2nc(Cl)ncc2OCC1c1cc(F)cc(F)c1.Cc1cn(-c2ccc(N)cc2C#N)cn1.Cc1cn(-c2ccc(Nc3ncc4c(n3)N(C)C(c3cc(F)cc(F)c3)CO4)cc2C#N)cn1. The Hall–Kier alpha value is -8.75. The summed E-state index contributed by atoms with van der Waals surface area (Å²) >= 11 is 5.76. The van der Waals surface area contributed by atoms with Gasteiger partial charge < -0.3 is 39.5 Å². The van der Waals surface area contributed by atoms with Crippen molar-refractivity contribution < 1.29 is 27.0 Å². The van der Waals surface area contributed by atoms with Crippen molar-refractivity contribution in [1.82, 2.24) is 39.0 Å². The van der Waals surface area contributed by atoms with Gasteiger partial charge in [-0.1, -0.05) is 0 Å². The van der Waals surface area contributed by atoms with Crippen LogP contribution < -0.4 is 30.3 Å². The van der Waals surface area contributed by atoms with E-state index in [2.05, 4.69) is 47.4 Å². The Morgan fingerprint density at radius 2 is 1.13 bits per heavy atom. The number of ether oxygens (including phenoxy) is 2. The molecule has 69 heavy (non-hydrogen) atoms. The maximum Gasteiger partial charge on any atom is 0.229 e. The fourth-order valence-electron chi connectivity index (χ4n) is 7.53. The van der Waals surface area contributed by atoms with Crippen LogP contribution in [0.3, 0.4) is 0 Å². The highest BCUT2D eigenvalue weighted by Gasteiger charge is 2.30.